The van der Waals surface area contributed by atoms with Crippen LogP contribution in [-0.2, 0) is 15.6 Å². The molecule has 3 heteroatoms. The minimum atomic E-state index is -0.767. The van der Waals surface area contributed by atoms with E-state index >= 15 is 0 Å². The molecule has 0 N–H and O–H groups in total. The van der Waals surface area contributed by atoms with Crippen molar-refractivity contribution in [2.45, 2.75) is 38.4 Å². The van der Waals surface area contributed by atoms with Gasteiger partial charge in [-0.3, -0.25) is 9.00 Å². The topological polar surface area (TPSA) is 34.1 Å². The van der Waals surface area contributed by atoms with E-state index in [0.29, 0.717) is 12.2 Å². The van der Waals surface area contributed by atoms with Gasteiger partial charge in [0.15, 0.2) is 0 Å². The third-order valence-corrected chi connectivity index (χ3v) is 4.61. The summed E-state index contributed by atoms with van der Waals surface area (Å²) in [5.74, 6) is 1.09. The molecular formula is C9H16O2S. The van der Waals surface area contributed by atoms with Crippen LogP contribution < -0.4 is 0 Å². The molecule has 12 heavy (non-hydrogen) atoms. The summed E-state index contributed by atoms with van der Waals surface area (Å²) in [5, 5.41) is 0.150. The van der Waals surface area contributed by atoms with E-state index in [9.17, 15) is 9.00 Å². The lowest BCUT2D eigenvalue weighted by Crippen LogP contribution is -2.22. The Bertz CT molecular complexity index is 201. The molecule has 0 aromatic rings. The SMILES string of the molecule is CCCS(=O)C1CCC(=O)C1C. The molecule has 2 nitrogen and oxygen atoms in total. The van der Waals surface area contributed by atoms with Crippen molar-refractivity contribution in [3.8, 4) is 0 Å². The van der Waals surface area contributed by atoms with Crippen LogP contribution in [-0.4, -0.2) is 21.0 Å². The fraction of sp³-hybridized carbons (Fsp3) is 0.889. The van der Waals surface area contributed by atoms with Gasteiger partial charge >= 0.3 is 0 Å². The minimum absolute atomic E-state index is 0.0392. The van der Waals surface area contributed by atoms with Gasteiger partial charge in [-0.15, -0.1) is 0 Å². The third-order valence-electron chi connectivity index (χ3n) is 2.48. The first-order chi connectivity index (χ1) is 5.66. The molecule has 3 atom stereocenters. The summed E-state index contributed by atoms with van der Waals surface area (Å²) >= 11 is 0. The Hall–Kier alpha value is -0.180. The van der Waals surface area contributed by atoms with Crippen molar-refractivity contribution in [3.05, 3.63) is 0 Å². The summed E-state index contributed by atoms with van der Waals surface area (Å²) < 4.78 is 11.6. The zero-order valence-corrected chi connectivity index (χ0v) is 8.52. The molecular weight excluding hydrogens is 172 g/mol. The molecule has 0 aromatic heterocycles. The van der Waals surface area contributed by atoms with E-state index in [1.54, 1.807) is 0 Å². The van der Waals surface area contributed by atoms with E-state index in [-0.39, 0.29) is 11.2 Å². The van der Waals surface area contributed by atoms with Gasteiger partial charge in [0.2, 0.25) is 0 Å². The molecule has 1 fully saturated rings. The Balaban J connectivity index is 2.53. The summed E-state index contributed by atoms with van der Waals surface area (Å²) in [6, 6.07) is 0. The van der Waals surface area contributed by atoms with Gasteiger partial charge in [-0.05, 0) is 12.8 Å². The first kappa shape index (κ1) is 9.90. The fourth-order valence-corrected chi connectivity index (χ4v) is 3.37. The normalized spacial score (nSPS) is 32.3. The van der Waals surface area contributed by atoms with Crippen LogP contribution in [0.2, 0.25) is 0 Å². The Morgan fingerprint density at radius 1 is 1.58 bits per heavy atom. The maximum Gasteiger partial charge on any atom is 0.136 e. The minimum Gasteiger partial charge on any atom is -0.299 e. The van der Waals surface area contributed by atoms with E-state index in [2.05, 4.69) is 0 Å². The largest absolute Gasteiger partial charge is 0.299 e. The standard InChI is InChI=1S/C9H16O2S/c1-3-6-12(11)9-5-4-8(10)7(9)2/h7,9H,3-6H2,1-2H3. The number of Topliss-reactive ketones (excluding diaryl/α,β-unsaturated/α-hetero) is 1. The Morgan fingerprint density at radius 3 is 2.67 bits per heavy atom. The average Bonchev–Trinajstić information content (AvgIpc) is 2.34. The second-order valence-corrected chi connectivity index (χ2v) is 5.19. The first-order valence-corrected chi connectivity index (χ1v) is 5.95. The quantitative estimate of drug-likeness (QED) is 0.673. The number of hydrogen-bond donors (Lipinski definition) is 0. The van der Waals surface area contributed by atoms with E-state index in [4.69, 9.17) is 0 Å². The van der Waals surface area contributed by atoms with Gasteiger partial charge in [0, 0.05) is 34.1 Å². The molecule has 1 saturated carbocycles. The number of carbonyl (C=O) groups excluding carboxylic acids is 1. The molecule has 1 aliphatic carbocycles. The molecule has 1 aliphatic rings. The van der Waals surface area contributed by atoms with Crippen LogP contribution in [0.15, 0.2) is 0 Å². The number of hydrogen-bond acceptors (Lipinski definition) is 2. The summed E-state index contributed by atoms with van der Waals surface area (Å²) in [6.07, 6.45) is 2.43. The summed E-state index contributed by atoms with van der Waals surface area (Å²) in [7, 11) is -0.767. The predicted molar refractivity (Wildman–Crippen MR) is 50.5 cm³/mol. The van der Waals surface area contributed by atoms with Crippen molar-refractivity contribution in [2.24, 2.45) is 5.92 Å². The van der Waals surface area contributed by atoms with Crippen LogP contribution in [0.3, 0.4) is 0 Å². The van der Waals surface area contributed by atoms with Gasteiger partial charge < -0.3 is 0 Å². The van der Waals surface area contributed by atoms with Gasteiger partial charge in [0.1, 0.15) is 5.78 Å². The molecule has 0 aliphatic heterocycles. The maximum absolute atomic E-state index is 11.6. The van der Waals surface area contributed by atoms with Gasteiger partial charge in [0.25, 0.3) is 0 Å². The maximum atomic E-state index is 11.6. The molecule has 0 amide bonds. The number of carbonyl (C=O) groups is 1. The lowest BCUT2D eigenvalue weighted by Gasteiger charge is -2.12. The van der Waals surface area contributed by atoms with Crippen LogP contribution in [0.5, 0.6) is 0 Å². The Kier molecular flexibility index (Phi) is 3.44. The van der Waals surface area contributed by atoms with Crippen LogP contribution in [0.1, 0.15) is 33.1 Å². The van der Waals surface area contributed by atoms with Crippen LogP contribution in [0, 0.1) is 5.92 Å². The smallest absolute Gasteiger partial charge is 0.136 e. The van der Waals surface area contributed by atoms with Crippen LogP contribution >= 0.6 is 0 Å². The molecule has 0 saturated heterocycles. The average molecular weight is 188 g/mol. The monoisotopic (exact) mass is 188 g/mol. The molecule has 0 bridgehead atoms. The second kappa shape index (κ2) is 4.17. The molecule has 0 radical (unpaired) electrons. The van der Waals surface area contributed by atoms with Gasteiger partial charge in [-0.2, -0.15) is 0 Å². The summed E-state index contributed by atoms with van der Waals surface area (Å²) in [6.45, 7) is 3.94. The van der Waals surface area contributed by atoms with E-state index in [0.717, 1.165) is 18.6 Å². The highest BCUT2D eigenvalue weighted by atomic mass is 32.2. The zero-order chi connectivity index (χ0) is 9.14. The van der Waals surface area contributed by atoms with E-state index in [1.165, 1.54) is 0 Å². The van der Waals surface area contributed by atoms with E-state index in [1.807, 2.05) is 13.8 Å². The molecule has 1 rings (SSSR count). The third kappa shape index (κ3) is 1.94. The van der Waals surface area contributed by atoms with Crippen LogP contribution in [0.4, 0.5) is 0 Å². The van der Waals surface area contributed by atoms with Gasteiger partial charge in [-0.1, -0.05) is 13.8 Å². The van der Waals surface area contributed by atoms with Crippen molar-refractivity contribution in [3.63, 3.8) is 0 Å². The number of rotatable bonds is 3. The van der Waals surface area contributed by atoms with E-state index < -0.39 is 10.8 Å². The molecule has 70 valence electrons. The van der Waals surface area contributed by atoms with Crippen molar-refractivity contribution >= 4 is 16.6 Å². The van der Waals surface area contributed by atoms with Crippen molar-refractivity contribution < 1.29 is 9.00 Å². The molecule has 0 heterocycles. The van der Waals surface area contributed by atoms with Crippen molar-refractivity contribution in [2.75, 3.05) is 5.75 Å². The van der Waals surface area contributed by atoms with Crippen molar-refractivity contribution in [1.82, 2.24) is 0 Å². The molecule has 0 spiro atoms. The highest BCUT2D eigenvalue weighted by Crippen LogP contribution is 2.26. The number of ketones is 1. The second-order valence-electron chi connectivity index (χ2n) is 3.42. The predicted octanol–water partition coefficient (Wildman–Crippen LogP) is 1.51. The highest BCUT2D eigenvalue weighted by molar-refractivity contribution is 7.85. The zero-order valence-electron chi connectivity index (χ0n) is 7.71. The van der Waals surface area contributed by atoms with Crippen LogP contribution in [0.25, 0.3) is 0 Å². The lowest BCUT2D eigenvalue weighted by molar-refractivity contribution is -0.120. The highest BCUT2D eigenvalue weighted by Gasteiger charge is 2.34. The molecule has 0 aromatic carbocycles. The van der Waals surface area contributed by atoms with Gasteiger partial charge in [-0.25, -0.2) is 0 Å². The van der Waals surface area contributed by atoms with Gasteiger partial charge in [0.05, 0.1) is 0 Å². The fourth-order valence-electron chi connectivity index (χ4n) is 1.68. The molecule has 3 unspecified atom stereocenters. The summed E-state index contributed by atoms with van der Waals surface area (Å²) in [4.78, 5) is 11.2. The first-order valence-electron chi connectivity index (χ1n) is 4.56. The Labute approximate surface area is 76.2 Å². The van der Waals surface area contributed by atoms with Crippen molar-refractivity contribution in [1.29, 1.82) is 0 Å². The summed E-state index contributed by atoms with van der Waals surface area (Å²) in [5.41, 5.74) is 0. The lowest BCUT2D eigenvalue weighted by atomic mass is 10.1. The Morgan fingerprint density at radius 2 is 2.25 bits per heavy atom.